The molecule has 0 radical (unpaired) electrons. The maximum Gasteiger partial charge on any atom is 0.332 e. The van der Waals surface area contributed by atoms with Gasteiger partial charge in [0.2, 0.25) is 11.8 Å². The molecule has 10 heteroatoms. The van der Waals surface area contributed by atoms with Crippen molar-refractivity contribution in [2.24, 2.45) is 0 Å². The molecule has 2 heterocycles. The lowest BCUT2D eigenvalue weighted by Crippen LogP contribution is -2.66. The molecule has 0 aromatic heterocycles. The zero-order chi connectivity index (χ0) is 28.9. The molecule has 2 saturated heterocycles. The summed E-state index contributed by atoms with van der Waals surface area (Å²) in [5, 5.41) is 16.0. The number of piperazine rings is 1. The van der Waals surface area contributed by atoms with E-state index in [0.29, 0.717) is 19.5 Å². The molecule has 2 N–H and O–H groups in total. The summed E-state index contributed by atoms with van der Waals surface area (Å²) in [6, 6.07) is 21.0. The zero-order valence-electron chi connectivity index (χ0n) is 22.9. The van der Waals surface area contributed by atoms with Crippen molar-refractivity contribution in [3.05, 3.63) is 101 Å². The first-order valence-corrected chi connectivity index (χ1v) is 13.8. The second-order valence-electron chi connectivity index (χ2n) is 10.4. The third-order valence-corrected chi connectivity index (χ3v) is 7.49. The van der Waals surface area contributed by atoms with E-state index in [2.05, 4.69) is 5.32 Å². The molecule has 0 aliphatic carbocycles. The molecule has 2 aliphatic rings. The van der Waals surface area contributed by atoms with Crippen molar-refractivity contribution in [1.82, 2.24) is 25.1 Å². The average molecular weight is 560 g/mol. The van der Waals surface area contributed by atoms with E-state index in [0.717, 1.165) is 16.7 Å². The molecule has 41 heavy (non-hydrogen) atoms. The fourth-order valence-corrected chi connectivity index (χ4v) is 5.48. The van der Waals surface area contributed by atoms with Crippen LogP contribution in [0.5, 0.6) is 5.75 Å². The van der Waals surface area contributed by atoms with E-state index in [-0.39, 0.29) is 55.5 Å². The normalized spacial score (nSPS) is 18.9. The van der Waals surface area contributed by atoms with Crippen LogP contribution in [0.15, 0.2) is 78.9 Å². The molecule has 9 nitrogen and oxygen atoms in total. The summed E-state index contributed by atoms with van der Waals surface area (Å²) in [6.45, 7) is 3.10. The SMILES string of the molecule is CCCN(C(=O)NCc1ccccc1)N1CC(=O)N2[C@@H](Cc3ccc(O)cc3)C(=O)N(Cc3ccc(F)cc3)C[C@@H]21. The molecule has 2 atom stereocenters. The Kier molecular flexibility index (Phi) is 8.49. The lowest BCUT2D eigenvalue weighted by Gasteiger charge is -2.46. The van der Waals surface area contributed by atoms with Crippen LogP contribution in [-0.4, -0.2) is 74.6 Å². The van der Waals surface area contributed by atoms with Gasteiger partial charge in [0.1, 0.15) is 23.8 Å². The van der Waals surface area contributed by atoms with Crippen molar-refractivity contribution in [2.45, 2.75) is 45.1 Å². The Bertz CT molecular complexity index is 1370. The molecule has 3 aromatic rings. The number of phenolic OH excluding ortho intramolecular Hbond substituents is 1. The lowest BCUT2D eigenvalue weighted by atomic mass is 10.00. The Hall–Kier alpha value is -4.44. The molecular formula is C31H34FN5O4. The highest BCUT2D eigenvalue weighted by molar-refractivity contribution is 5.91. The van der Waals surface area contributed by atoms with Gasteiger partial charge < -0.3 is 20.2 Å². The first-order valence-electron chi connectivity index (χ1n) is 13.8. The predicted molar refractivity (Wildman–Crippen MR) is 150 cm³/mol. The van der Waals surface area contributed by atoms with E-state index >= 15 is 0 Å². The number of carbonyl (C=O) groups excluding carboxylic acids is 3. The summed E-state index contributed by atoms with van der Waals surface area (Å²) in [6.07, 6.45) is 0.366. The summed E-state index contributed by atoms with van der Waals surface area (Å²) in [4.78, 5) is 44.1. The number of fused-ring (bicyclic) bond motifs is 1. The van der Waals surface area contributed by atoms with Crippen LogP contribution in [0, 0.1) is 5.82 Å². The third kappa shape index (κ3) is 6.33. The maximum absolute atomic E-state index is 13.8. The minimum atomic E-state index is -0.799. The molecule has 0 unspecified atom stereocenters. The number of hydrazine groups is 1. The number of benzene rings is 3. The van der Waals surface area contributed by atoms with Crippen molar-refractivity contribution < 1.29 is 23.9 Å². The van der Waals surface area contributed by atoms with E-state index in [1.54, 1.807) is 56.2 Å². The number of urea groups is 1. The number of hydrogen-bond acceptors (Lipinski definition) is 5. The molecule has 0 spiro atoms. The Balaban J connectivity index is 1.42. The van der Waals surface area contributed by atoms with Gasteiger partial charge in [-0.15, -0.1) is 0 Å². The van der Waals surface area contributed by atoms with Gasteiger partial charge >= 0.3 is 6.03 Å². The van der Waals surface area contributed by atoms with E-state index in [9.17, 15) is 23.9 Å². The molecule has 0 bridgehead atoms. The Morgan fingerprint density at radius 1 is 0.976 bits per heavy atom. The van der Waals surface area contributed by atoms with Gasteiger partial charge in [-0.3, -0.25) is 14.6 Å². The summed E-state index contributed by atoms with van der Waals surface area (Å²) < 4.78 is 13.6. The first-order chi connectivity index (χ1) is 19.8. The molecule has 2 fully saturated rings. The fourth-order valence-electron chi connectivity index (χ4n) is 5.48. The third-order valence-electron chi connectivity index (χ3n) is 7.49. The van der Waals surface area contributed by atoms with Crippen LogP contribution in [0.4, 0.5) is 9.18 Å². The highest BCUT2D eigenvalue weighted by atomic mass is 19.1. The van der Waals surface area contributed by atoms with Gasteiger partial charge in [0.15, 0.2) is 0 Å². The predicted octanol–water partition coefficient (Wildman–Crippen LogP) is 3.49. The van der Waals surface area contributed by atoms with Gasteiger partial charge in [-0.1, -0.05) is 61.5 Å². The van der Waals surface area contributed by atoms with Crippen LogP contribution in [0.25, 0.3) is 0 Å². The van der Waals surface area contributed by atoms with Crippen molar-refractivity contribution in [1.29, 1.82) is 0 Å². The van der Waals surface area contributed by atoms with Crippen LogP contribution in [0.1, 0.15) is 30.0 Å². The number of nitrogens with one attached hydrogen (secondary N) is 1. The van der Waals surface area contributed by atoms with Crippen LogP contribution in [0.2, 0.25) is 0 Å². The summed E-state index contributed by atoms with van der Waals surface area (Å²) in [5.74, 6) is -0.700. The number of phenols is 1. The summed E-state index contributed by atoms with van der Waals surface area (Å²) in [7, 11) is 0. The fraction of sp³-hybridized carbons (Fsp3) is 0.323. The minimum Gasteiger partial charge on any atom is -0.508 e. The molecular weight excluding hydrogens is 525 g/mol. The maximum atomic E-state index is 13.8. The van der Waals surface area contributed by atoms with Gasteiger partial charge in [-0.05, 0) is 47.4 Å². The topological polar surface area (TPSA) is 96.4 Å². The number of rotatable bonds is 9. The van der Waals surface area contributed by atoms with Gasteiger partial charge in [-0.25, -0.2) is 9.18 Å². The molecule has 5 rings (SSSR count). The Morgan fingerprint density at radius 2 is 1.66 bits per heavy atom. The number of aromatic hydroxyl groups is 1. The quantitative estimate of drug-likeness (QED) is 0.419. The average Bonchev–Trinajstić information content (AvgIpc) is 3.30. The number of hydrogen-bond donors (Lipinski definition) is 2. The number of nitrogens with zero attached hydrogens (tertiary/aromatic N) is 4. The second-order valence-corrected chi connectivity index (χ2v) is 10.4. The molecule has 0 saturated carbocycles. The molecule has 214 valence electrons. The van der Waals surface area contributed by atoms with Gasteiger partial charge in [-0.2, -0.15) is 5.01 Å². The highest BCUT2D eigenvalue weighted by Gasteiger charge is 2.52. The van der Waals surface area contributed by atoms with Crippen molar-refractivity contribution >= 4 is 17.8 Å². The van der Waals surface area contributed by atoms with E-state index in [1.807, 2.05) is 37.3 Å². The largest absolute Gasteiger partial charge is 0.508 e. The van der Waals surface area contributed by atoms with Crippen LogP contribution in [0.3, 0.4) is 0 Å². The van der Waals surface area contributed by atoms with Crippen LogP contribution in [-0.2, 0) is 29.1 Å². The van der Waals surface area contributed by atoms with Crippen molar-refractivity contribution in [3.63, 3.8) is 0 Å². The van der Waals surface area contributed by atoms with Gasteiger partial charge in [0.25, 0.3) is 0 Å². The van der Waals surface area contributed by atoms with E-state index in [1.165, 1.54) is 12.1 Å². The number of amides is 4. The van der Waals surface area contributed by atoms with Crippen LogP contribution >= 0.6 is 0 Å². The standard InChI is InChI=1S/C31H34FN5O4/c1-2-16-35(31(41)33-18-23-6-4-3-5-7-23)36-21-29(39)37-27(17-22-10-14-26(38)15-11-22)30(40)34(20-28(36)37)19-24-8-12-25(32)13-9-24/h3-15,27-28,38H,2,16-21H2,1H3,(H,33,41)/t27-,28+/m0/s1. The Morgan fingerprint density at radius 3 is 2.34 bits per heavy atom. The number of carbonyl (C=O) groups is 3. The minimum absolute atomic E-state index is 0.0346. The van der Waals surface area contributed by atoms with Crippen LogP contribution < -0.4 is 5.32 Å². The van der Waals surface area contributed by atoms with Crippen molar-refractivity contribution in [2.75, 3.05) is 19.6 Å². The van der Waals surface area contributed by atoms with E-state index in [4.69, 9.17) is 0 Å². The summed E-state index contributed by atoms with van der Waals surface area (Å²) in [5.41, 5.74) is 2.51. The molecule has 3 aromatic carbocycles. The Labute approximate surface area is 238 Å². The second kappa shape index (κ2) is 12.4. The zero-order valence-corrected chi connectivity index (χ0v) is 22.9. The highest BCUT2D eigenvalue weighted by Crippen LogP contribution is 2.30. The first kappa shape index (κ1) is 28.1. The number of halogens is 1. The van der Waals surface area contributed by atoms with Gasteiger partial charge in [0, 0.05) is 26.1 Å². The monoisotopic (exact) mass is 559 g/mol. The molecule has 4 amide bonds. The van der Waals surface area contributed by atoms with Gasteiger partial charge in [0.05, 0.1) is 13.1 Å². The smallest absolute Gasteiger partial charge is 0.332 e. The van der Waals surface area contributed by atoms with Crippen molar-refractivity contribution in [3.8, 4) is 5.75 Å². The van der Waals surface area contributed by atoms with E-state index < -0.39 is 12.2 Å². The molecule has 2 aliphatic heterocycles. The lowest BCUT2D eigenvalue weighted by molar-refractivity contribution is -0.157. The summed E-state index contributed by atoms with van der Waals surface area (Å²) >= 11 is 0.